The number of carbonyl (C=O) groups is 1. The quantitative estimate of drug-likeness (QED) is 0.808. The fourth-order valence-corrected chi connectivity index (χ4v) is 3.08. The highest BCUT2D eigenvalue weighted by molar-refractivity contribution is 9.10. The van der Waals surface area contributed by atoms with Crippen LogP contribution in [-0.2, 0) is 4.74 Å². The maximum Gasteiger partial charge on any atom is 0.410 e. The van der Waals surface area contributed by atoms with Gasteiger partial charge in [-0.2, -0.15) is 0 Å². The van der Waals surface area contributed by atoms with Gasteiger partial charge in [0.1, 0.15) is 10.2 Å². The summed E-state index contributed by atoms with van der Waals surface area (Å²) in [6.07, 6.45) is 2.35. The Labute approximate surface area is 139 Å². The normalized spacial score (nSPS) is 18.1. The Kier molecular flexibility index (Phi) is 5.45. The summed E-state index contributed by atoms with van der Waals surface area (Å²) >= 11 is 3.38. The molecular formula is C16H23BrN2O3. The lowest BCUT2D eigenvalue weighted by atomic mass is 9.88. The first kappa shape index (κ1) is 17.2. The van der Waals surface area contributed by atoms with Gasteiger partial charge in [-0.3, -0.25) is 0 Å². The van der Waals surface area contributed by atoms with E-state index in [1.165, 1.54) is 0 Å². The van der Waals surface area contributed by atoms with Crippen molar-refractivity contribution in [1.29, 1.82) is 0 Å². The second-order valence-electron chi connectivity index (χ2n) is 6.63. The van der Waals surface area contributed by atoms with Crippen LogP contribution in [0.25, 0.3) is 0 Å². The third kappa shape index (κ3) is 4.43. The molecule has 0 bridgehead atoms. The maximum atomic E-state index is 12.0. The largest absolute Gasteiger partial charge is 0.444 e. The number of likely N-dealkylation sites (tertiary alicyclic amines) is 1. The molecule has 0 aromatic carbocycles. The Hall–Kier alpha value is -1.14. The minimum Gasteiger partial charge on any atom is -0.444 e. The highest BCUT2D eigenvalue weighted by Crippen LogP contribution is 2.33. The van der Waals surface area contributed by atoms with Crippen LogP contribution in [0, 0.1) is 5.92 Å². The predicted octanol–water partition coefficient (Wildman–Crippen LogP) is 3.52. The van der Waals surface area contributed by atoms with Crippen LogP contribution >= 0.6 is 15.9 Å². The number of pyridine rings is 1. The molecule has 2 heterocycles. The molecule has 0 aliphatic carbocycles. The molecule has 0 spiro atoms. The molecule has 0 radical (unpaired) electrons. The average molecular weight is 371 g/mol. The Morgan fingerprint density at radius 1 is 1.45 bits per heavy atom. The van der Waals surface area contributed by atoms with E-state index in [-0.39, 0.29) is 12.0 Å². The van der Waals surface area contributed by atoms with Gasteiger partial charge in [-0.1, -0.05) is 6.07 Å². The zero-order chi connectivity index (χ0) is 16.3. The van der Waals surface area contributed by atoms with Crippen LogP contribution < -0.4 is 0 Å². The molecule has 1 aromatic heterocycles. The van der Waals surface area contributed by atoms with Crippen LogP contribution in [0.4, 0.5) is 4.79 Å². The number of aliphatic hydroxyl groups is 1. The lowest BCUT2D eigenvalue weighted by Crippen LogP contribution is -2.42. The number of ether oxygens (including phenoxy) is 1. The molecule has 1 saturated heterocycles. The molecule has 122 valence electrons. The molecule has 1 fully saturated rings. The second kappa shape index (κ2) is 6.96. The molecule has 1 amide bonds. The maximum absolute atomic E-state index is 12.0. The van der Waals surface area contributed by atoms with Gasteiger partial charge in [-0.25, -0.2) is 9.78 Å². The van der Waals surface area contributed by atoms with Crippen LogP contribution in [0.5, 0.6) is 0 Å². The Morgan fingerprint density at radius 2 is 2.09 bits per heavy atom. The molecule has 1 aliphatic heterocycles. The molecule has 1 N–H and O–H groups in total. The summed E-state index contributed by atoms with van der Waals surface area (Å²) in [5.74, 6) is 0.124. The number of halogens is 1. The van der Waals surface area contributed by atoms with Crippen molar-refractivity contribution in [3.63, 3.8) is 0 Å². The zero-order valence-electron chi connectivity index (χ0n) is 13.3. The van der Waals surface area contributed by atoms with E-state index >= 15 is 0 Å². The summed E-state index contributed by atoms with van der Waals surface area (Å²) in [6, 6.07) is 3.70. The van der Waals surface area contributed by atoms with E-state index in [1.807, 2.05) is 32.9 Å². The Balaban J connectivity index is 1.92. The molecular weight excluding hydrogens is 348 g/mol. The van der Waals surface area contributed by atoms with Gasteiger partial charge in [-0.05, 0) is 61.5 Å². The first-order valence-corrected chi connectivity index (χ1v) is 8.33. The smallest absolute Gasteiger partial charge is 0.410 e. The van der Waals surface area contributed by atoms with Crippen molar-refractivity contribution in [2.45, 2.75) is 45.3 Å². The standard InChI is InChI=1S/C16H23BrN2O3/c1-16(2,3)22-15(21)19-9-6-11(7-10-19)13(20)12-5-4-8-18-14(12)17/h4-5,8,11,13,20H,6-7,9-10H2,1-3H3/t13-/m1/s1. The lowest BCUT2D eigenvalue weighted by Gasteiger charge is -2.35. The van der Waals surface area contributed by atoms with Gasteiger partial charge in [0.15, 0.2) is 0 Å². The van der Waals surface area contributed by atoms with E-state index in [0.717, 1.165) is 18.4 Å². The predicted molar refractivity (Wildman–Crippen MR) is 87.4 cm³/mol. The monoisotopic (exact) mass is 370 g/mol. The van der Waals surface area contributed by atoms with Gasteiger partial charge >= 0.3 is 6.09 Å². The van der Waals surface area contributed by atoms with Gasteiger partial charge in [0.05, 0.1) is 6.10 Å². The number of hydrogen-bond acceptors (Lipinski definition) is 4. The number of carbonyl (C=O) groups excluding carboxylic acids is 1. The number of amides is 1. The van der Waals surface area contributed by atoms with Crippen LogP contribution in [-0.4, -0.2) is 39.8 Å². The van der Waals surface area contributed by atoms with E-state index in [4.69, 9.17) is 4.74 Å². The Morgan fingerprint density at radius 3 is 2.64 bits per heavy atom. The highest BCUT2D eigenvalue weighted by Gasteiger charge is 2.31. The Bertz CT molecular complexity index is 522. The van der Waals surface area contributed by atoms with Crippen LogP contribution in [0.1, 0.15) is 45.3 Å². The summed E-state index contributed by atoms with van der Waals surface area (Å²) in [6.45, 7) is 6.80. The van der Waals surface area contributed by atoms with E-state index in [0.29, 0.717) is 17.7 Å². The number of hydrogen-bond donors (Lipinski definition) is 1. The van der Waals surface area contributed by atoms with Crippen LogP contribution in [0.3, 0.4) is 0 Å². The third-order valence-electron chi connectivity index (χ3n) is 3.74. The number of aliphatic hydroxyl groups excluding tert-OH is 1. The molecule has 1 aromatic rings. The minimum atomic E-state index is -0.566. The van der Waals surface area contributed by atoms with E-state index < -0.39 is 11.7 Å². The van der Waals surface area contributed by atoms with E-state index in [1.54, 1.807) is 11.1 Å². The fraction of sp³-hybridized carbons (Fsp3) is 0.625. The number of rotatable bonds is 2. The second-order valence-corrected chi connectivity index (χ2v) is 7.38. The van der Waals surface area contributed by atoms with Gasteiger partial charge in [-0.15, -0.1) is 0 Å². The summed E-state index contributed by atoms with van der Waals surface area (Å²) in [7, 11) is 0. The topological polar surface area (TPSA) is 62.7 Å². The van der Waals surface area contributed by atoms with Gasteiger partial charge < -0.3 is 14.7 Å². The molecule has 5 nitrogen and oxygen atoms in total. The lowest BCUT2D eigenvalue weighted by molar-refractivity contribution is 0.00753. The number of nitrogens with zero attached hydrogens (tertiary/aromatic N) is 2. The molecule has 2 rings (SSSR count). The molecule has 22 heavy (non-hydrogen) atoms. The number of aromatic nitrogens is 1. The summed E-state index contributed by atoms with van der Waals surface area (Å²) < 4.78 is 6.06. The summed E-state index contributed by atoms with van der Waals surface area (Å²) in [5.41, 5.74) is 0.326. The average Bonchev–Trinajstić information content (AvgIpc) is 2.45. The first-order valence-electron chi connectivity index (χ1n) is 7.54. The first-order chi connectivity index (χ1) is 10.3. The summed E-state index contributed by atoms with van der Waals surface area (Å²) in [5, 5.41) is 10.5. The zero-order valence-corrected chi connectivity index (χ0v) is 14.8. The van der Waals surface area contributed by atoms with Crippen molar-refractivity contribution in [3.8, 4) is 0 Å². The fourth-order valence-electron chi connectivity index (χ4n) is 2.60. The van der Waals surface area contributed by atoms with Gasteiger partial charge in [0, 0.05) is 24.8 Å². The molecule has 0 unspecified atom stereocenters. The van der Waals surface area contributed by atoms with E-state index in [2.05, 4.69) is 20.9 Å². The van der Waals surface area contributed by atoms with Crippen molar-refractivity contribution in [2.24, 2.45) is 5.92 Å². The van der Waals surface area contributed by atoms with E-state index in [9.17, 15) is 9.90 Å². The molecule has 1 aliphatic rings. The van der Waals surface area contributed by atoms with Crippen molar-refractivity contribution >= 4 is 22.0 Å². The SMILES string of the molecule is CC(C)(C)OC(=O)N1CCC([C@@H](O)c2cccnc2Br)CC1. The van der Waals surface area contributed by atoms with Crippen molar-refractivity contribution in [3.05, 3.63) is 28.5 Å². The van der Waals surface area contributed by atoms with Crippen molar-refractivity contribution < 1.29 is 14.6 Å². The molecule has 0 saturated carbocycles. The molecule has 6 heteroatoms. The minimum absolute atomic E-state index is 0.124. The summed E-state index contributed by atoms with van der Waals surface area (Å²) in [4.78, 5) is 17.9. The van der Waals surface area contributed by atoms with Crippen LogP contribution in [0.15, 0.2) is 22.9 Å². The van der Waals surface area contributed by atoms with Crippen molar-refractivity contribution in [1.82, 2.24) is 9.88 Å². The third-order valence-corrected chi connectivity index (χ3v) is 4.41. The van der Waals surface area contributed by atoms with Gasteiger partial charge in [0.2, 0.25) is 0 Å². The van der Waals surface area contributed by atoms with Crippen molar-refractivity contribution in [2.75, 3.05) is 13.1 Å². The van der Waals surface area contributed by atoms with Crippen LogP contribution in [0.2, 0.25) is 0 Å². The van der Waals surface area contributed by atoms with Gasteiger partial charge in [0.25, 0.3) is 0 Å². The molecule has 1 atom stereocenters. The highest BCUT2D eigenvalue weighted by atomic mass is 79.9. The number of piperidine rings is 1.